The van der Waals surface area contributed by atoms with Crippen LogP contribution in [0.2, 0.25) is 0 Å². The molecule has 2 aromatic carbocycles. The van der Waals surface area contributed by atoms with Crippen LogP contribution in [0.4, 0.5) is 0 Å². The fraction of sp³-hybridized carbons (Fsp3) is 0.429. The van der Waals surface area contributed by atoms with Crippen LogP contribution >= 0.6 is 0 Å². The Kier molecular flexibility index (Phi) is 3.80. The van der Waals surface area contributed by atoms with Gasteiger partial charge in [0.05, 0.1) is 32.5 Å². The molecule has 2 fully saturated rings. The van der Waals surface area contributed by atoms with E-state index in [-0.39, 0.29) is 19.0 Å². The number of hydrogen-bond donors (Lipinski definition) is 0. The first kappa shape index (κ1) is 16.0. The lowest BCUT2D eigenvalue weighted by Gasteiger charge is -2.18. The van der Waals surface area contributed by atoms with Gasteiger partial charge in [-0.1, -0.05) is 18.2 Å². The van der Waals surface area contributed by atoms with E-state index in [4.69, 9.17) is 23.7 Å². The van der Waals surface area contributed by atoms with Crippen LogP contribution in [0.15, 0.2) is 36.4 Å². The van der Waals surface area contributed by atoms with Crippen molar-refractivity contribution >= 4 is 0 Å². The van der Waals surface area contributed by atoms with E-state index in [9.17, 15) is 0 Å². The zero-order valence-electron chi connectivity index (χ0n) is 14.9. The molecule has 4 atom stereocenters. The van der Waals surface area contributed by atoms with E-state index >= 15 is 0 Å². The minimum atomic E-state index is 0.0341. The molecule has 26 heavy (non-hydrogen) atoms. The maximum Gasteiger partial charge on any atom is 0.231 e. The van der Waals surface area contributed by atoms with Gasteiger partial charge in [-0.3, -0.25) is 0 Å². The molecule has 3 heterocycles. The van der Waals surface area contributed by atoms with E-state index in [1.807, 2.05) is 12.1 Å². The molecule has 0 unspecified atom stereocenters. The largest absolute Gasteiger partial charge is 0.496 e. The Morgan fingerprint density at radius 1 is 0.846 bits per heavy atom. The topological polar surface area (TPSA) is 46.2 Å². The third-order valence-electron chi connectivity index (χ3n) is 5.75. The molecule has 5 rings (SSSR count). The lowest BCUT2D eigenvalue weighted by atomic mass is 9.84. The molecule has 0 aliphatic carbocycles. The zero-order valence-corrected chi connectivity index (χ0v) is 14.9. The second-order valence-electron chi connectivity index (χ2n) is 7.18. The van der Waals surface area contributed by atoms with Crippen molar-refractivity contribution in [1.82, 2.24) is 0 Å². The summed E-state index contributed by atoms with van der Waals surface area (Å²) in [6.07, 6.45) is 0.0837. The number of hydrogen-bond acceptors (Lipinski definition) is 5. The predicted molar refractivity (Wildman–Crippen MR) is 94.7 cm³/mol. The maximum absolute atomic E-state index is 6.20. The summed E-state index contributed by atoms with van der Waals surface area (Å²) in [5, 5.41) is 0. The van der Waals surface area contributed by atoms with Crippen LogP contribution in [0, 0.1) is 18.8 Å². The van der Waals surface area contributed by atoms with E-state index in [0.29, 0.717) is 25.0 Å². The molecule has 2 aromatic rings. The Morgan fingerprint density at radius 2 is 1.50 bits per heavy atom. The van der Waals surface area contributed by atoms with E-state index in [2.05, 4.69) is 31.2 Å². The number of rotatable bonds is 3. The normalized spacial score (nSPS) is 29.0. The molecule has 0 saturated carbocycles. The predicted octanol–water partition coefficient (Wildman–Crippen LogP) is 3.81. The number of aryl methyl sites for hydroxylation is 1. The molecule has 3 aliphatic rings. The van der Waals surface area contributed by atoms with Crippen molar-refractivity contribution in [2.75, 3.05) is 27.1 Å². The minimum absolute atomic E-state index is 0.0341. The van der Waals surface area contributed by atoms with E-state index in [1.54, 1.807) is 7.11 Å². The summed E-state index contributed by atoms with van der Waals surface area (Å²) in [5.41, 5.74) is 3.43. The van der Waals surface area contributed by atoms with Crippen molar-refractivity contribution < 1.29 is 23.7 Å². The quantitative estimate of drug-likeness (QED) is 0.839. The first-order valence-electron chi connectivity index (χ1n) is 9.02. The van der Waals surface area contributed by atoms with Gasteiger partial charge in [-0.25, -0.2) is 0 Å². The molecule has 0 N–H and O–H groups in total. The molecular weight excluding hydrogens is 332 g/mol. The Hall–Kier alpha value is -2.24. The molecule has 2 saturated heterocycles. The molecule has 0 aromatic heterocycles. The Bertz CT molecular complexity index is 808. The second kappa shape index (κ2) is 6.18. The monoisotopic (exact) mass is 354 g/mol. The van der Waals surface area contributed by atoms with Gasteiger partial charge in [0, 0.05) is 11.8 Å². The summed E-state index contributed by atoms with van der Waals surface area (Å²) in [6.45, 7) is 3.74. The summed E-state index contributed by atoms with van der Waals surface area (Å²) in [4.78, 5) is 0. The molecule has 0 radical (unpaired) electrons. The Labute approximate surface area is 152 Å². The molecule has 5 heteroatoms. The van der Waals surface area contributed by atoms with Crippen LogP contribution in [0.5, 0.6) is 17.2 Å². The third-order valence-corrected chi connectivity index (χ3v) is 5.75. The Morgan fingerprint density at radius 3 is 2.23 bits per heavy atom. The van der Waals surface area contributed by atoms with Gasteiger partial charge in [0.1, 0.15) is 5.75 Å². The molecular formula is C21H22O5. The van der Waals surface area contributed by atoms with Crippen molar-refractivity contribution in [2.45, 2.75) is 19.1 Å². The first-order chi connectivity index (χ1) is 12.7. The number of ether oxygens (including phenoxy) is 5. The Balaban J connectivity index is 1.40. The minimum Gasteiger partial charge on any atom is -0.496 e. The molecule has 5 nitrogen and oxygen atoms in total. The number of fused-ring (bicyclic) bond motifs is 2. The lowest BCUT2D eigenvalue weighted by molar-refractivity contribution is 0.0192. The summed E-state index contributed by atoms with van der Waals surface area (Å²) >= 11 is 0. The van der Waals surface area contributed by atoms with Crippen LogP contribution in [0.3, 0.4) is 0 Å². The second-order valence-corrected chi connectivity index (χ2v) is 7.18. The first-order valence-corrected chi connectivity index (χ1v) is 9.02. The highest BCUT2D eigenvalue weighted by Gasteiger charge is 2.48. The van der Waals surface area contributed by atoms with Gasteiger partial charge in [-0.05, 0) is 41.8 Å². The van der Waals surface area contributed by atoms with Gasteiger partial charge in [-0.15, -0.1) is 0 Å². The van der Waals surface area contributed by atoms with Crippen molar-refractivity contribution in [3.63, 3.8) is 0 Å². The van der Waals surface area contributed by atoms with Crippen LogP contribution in [0.1, 0.15) is 28.9 Å². The third kappa shape index (κ3) is 2.46. The van der Waals surface area contributed by atoms with Gasteiger partial charge < -0.3 is 23.7 Å². The van der Waals surface area contributed by atoms with Gasteiger partial charge in [0.15, 0.2) is 11.5 Å². The van der Waals surface area contributed by atoms with Gasteiger partial charge in [0.2, 0.25) is 6.79 Å². The van der Waals surface area contributed by atoms with Gasteiger partial charge >= 0.3 is 0 Å². The van der Waals surface area contributed by atoms with Crippen LogP contribution in [-0.2, 0) is 9.47 Å². The summed E-state index contributed by atoms with van der Waals surface area (Å²) < 4.78 is 28.8. The van der Waals surface area contributed by atoms with Crippen molar-refractivity contribution in [2.24, 2.45) is 11.8 Å². The highest BCUT2D eigenvalue weighted by atomic mass is 16.7. The smallest absolute Gasteiger partial charge is 0.231 e. The van der Waals surface area contributed by atoms with Crippen molar-refractivity contribution in [3.05, 3.63) is 53.1 Å². The molecule has 3 aliphatic heterocycles. The van der Waals surface area contributed by atoms with Crippen LogP contribution in [0.25, 0.3) is 0 Å². The zero-order chi connectivity index (χ0) is 17.7. The van der Waals surface area contributed by atoms with Crippen LogP contribution in [-0.4, -0.2) is 27.1 Å². The van der Waals surface area contributed by atoms with Crippen LogP contribution < -0.4 is 14.2 Å². The fourth-order valence-corrected chi connectivity index (χ4v) is 4.34. The van der Waals surface area contributed by atoms with Crippen molar-refractivity contribution in [1.29, 1.82) is 0 Å². The van der Waals surface area contributed by atoms with E-state index in [1.165, 1.54) is 0 Å². The maximum atomic E-state index is 6.20. The molecule has 0 amide bonds. The van der Waals surface area contributed by atoms with E-state index < -0.39 is 0 Å². The molecule has 136 valence electrons. The highest BCUT2D eigenvalue weighted by Crippen LogP contribution is 2.51. The average molecular weight is 354 g/mol. The van der Waals surface area contributed by atoms with Gasteiger partial charge in [-0.2, -0.15) is 0 Å². The molecule has 0 spiro atoms. The summed E-state index contributed by atoms with van der Waals surface area (Å²) in [5.74, 6) is 3.19. The summed E-state index contributed by atoms with van der Waals surface area (Å²) in [7, 11) is 1.71. The number of methoxy groups -OCH3 is 1. The summed E-state index contributed by atoms with van der Waals surface area (Å²) in [6, 6.07) is 12.4. The standard InChI is InChI=1S/C21H22O5/c1-12-3-4-13(7-18(12)22-2)20-15-9-24-21(16(15)10-23-20)14-5-6-17-19(8-14)26-11-25-17/h3-8,15-16,20-21H,9-11H2,1-2H3/t15-,16-,20+,21+/m0/s1. The SMILES string of the molecule is COc1cc([C@H]2OC[C@H]3[C@@H]2CO[C@@H]3c2ccc3c(c2)OCO3)ccc1C. The highest BCUT2D eigenvalue weighted by molar-refractivity contribution is 5.45. The van der Waals surface area contributed by atoms with E-state index in [0.717, 1.165) is 33.9 Å². The lowest BCUT2D eigenvalue weighted by Crippen LogP contribution is -2.14. The average Bonchev–Trinajstić information content (AvgIpc) is 3.37. The van der Waals surface area contributed by atoms with Gasteiger partial charge in [0.25, 0.3) is 0 Å². The molecule has 0 bridgehead atoms. The fourth-order valence-electron chi connectivity index (χ4n) is 4.34. The number of benzene rings is 2. The van der Waals surface area contributed by atoms with Crippen molar-refractivity contribution in [3.8, 4) is 17.2 Å².